The van der Waals surface area contributed by atoms with Crippen LogP contribution < -0.4 is 10.1 Å². The van der Waals surface area contributed by atoms with E-state index in [0.717, 1.165) is 24.3 Å². The molecule has 2 nitrogen and oxygen atoms in total. The van der Waals surface area contributed by atoms with Gasteiger partial charge >= 0.3 is 0 Å². The van der Waals surface area contributed by atoms with E-state index in [1.54, 1.807) is 0 Å². The molecule has 0 bridgehead atoms. The summed E-state index contributed by atoms with van der Waals surface area (Å²) in [5.74, 6) is 1.85. The second-order valence-corrected chi connectivity index (χ2v) is 5.29. The minimum Gasteiger partial charge on any atom is -0.494 e. The molecule has 2 rings (SSSR count). The van der Waals surface area contributed by atoms with E-state index >= 15 is 0 Å². The molecule has 0 aromatic heterocycles. The summed E-state index contributed by atoms with van der Waals surface area (Å²) in [6, 6.07) is 9.38. The third-order valence-electron chi connectivity index (χ3n) is 4.01. The lowest BCUT2D eigenvalue weighted by molar-refractivity contribution is 0.300. The average Bonchev–Trinajstić information content (AvgIpc) is 2.42. The van der Waals surface area contributed by atoms with Crippen LogP contribution in [-0.2, 0) is 6.42 Å². The fourth-order valence-corrected chi connectivity index (χ4v) is 2.88. The lowest BCUT2D eigenvalue weighted by Gasteiger charge is -2.28. The molecular formula is C16H25NO. The van der Waals surface area contributed by atoms with Gasteiger partial charge in [-0.25, -0.2) is 0 Å². The topological polar surface area (TPSA) is 21.3 Å². The van der Waals surface area contributed by atoms with Gasteiger partial charge in [0.1, 0.15) is 5.75 Å². The molecule has 1 N–H and O–H groups in total. The maximum Gasteiger partial charge on any atom is 0.119 e. The summed E-state index contributed by atoms with van der Waals surface area (Å²) in [5.41, 5.74) is 1.45. The third kappa shape index (κ3) is 3.74. The molecule has 1 fully saturated rings. The number of nitrogens with one attached hydrogen (secondary N) is 1. The molecule has 1 aromatic rings. The van der Waals surface area contributed by atoms with E-state index in [2.05, 4.69) is 36.6 Å². The predicted molar refractivity (Wildman–Crippen MR) is 76.1 cm³/mol. The lowest BCUT2D eigenvalue weighted by Crippen LogP contribution is -2.30. The van der Waals surface area contributed by atoms with Crippen LogP contribution in [0.2, 0.25) is 0 Å². The van der Waals surface area contributed by atoms with Crippen molar-refractivity contribution in [2.45, 2.75) is 45.1 Å². The number of rotatable bonds is 5. The second-order valence-electron chi connectivity index (χ2n) is 5.29. The van der Waals surface area contributed by atoms with Gasteiger partial charge in [-0.1, -0.05) is 12.1 Å². The third-order valence-corrected chi connectivity index (χ3v) is 4.01. The van der Waals surface area contributed by atoms with Crippen LogP contribution in [0, 0.1) is 5.92 Å². The van der Waals surface area contributed by atoms with Crippen LogP contribution in [0.25, 0.3) is 0 Å². The zero-order chi connectivity index (χ0) is 12.8. The van der Waals surface area contributed by atoms with Gasteiger partial charge in [-0.2, -0.15) is 0 Å². The highest BCUT2D eigenvalue weighted by molar-refractivity contribution is 5.27. The first-order chi connectivity index (χ1) is 8.81. The lowest BCUT2D eigenvalue weighted by atomic mass is 9.82. The maximum absolute atomic E-state index is 5.47. The van der Waals surface area contributed by atoms with Crippen molar-refractivity contribution >= 4 is 0 Å². The van der Waals surface area contributed by atoms with E-state index in [-0.39, 0.29) is 0 Å². The van der Waals surface area contributed by atoms with Crippen LogP contribution in [-0.4, -0.2) is 19.7 Å². The molecule has 1 aromatic carbocycles. The normalized spacial score (nSPS) is 23.9. The number of hydrogen-bond acceptors (Lipinski definition) is 2. The Kier molecular flexibility index (Phi) is 5.06. The molecule has 0 unspecified atom stereocenters. The van der Waals surface area contributed by atoms with Gasteiger partial charge in [0.05, 0.1) is 6.61 Å². The summed E-state index contributed by atoms with van der Waals surface area (Å²) in [4.78, 5) is 0. The zero-order valence-corrected chi connectivity index (χ0v) is 11.6. The van der Waals surface area contributed by atoms with Crippen molar-refractivity contribution < 1.29 is 4.74 Å². The van der Waals surface area contributed by atoms with Gasteiger partial charge < -0.3 is 10.1 Å². The summed E-state index contributed by atoms with van der Waals surface area (Å²) < 4.78 is 5.47. The molecule has 0 spiro atoms. The van der Waals surface area contributed by atoms with Crippen molar-refractivity contribution in [2.75, 3.05) is 13.7 Å². The SMILES string of the molecule is CCOc1ccc(CC2CCC(NC)CC2)cc1. The first kappa shape index (κ1) is 13.4. The Hall–Kier alpha value is -1.02. The molecule has 0 heterocycles. The number of hydrogen-bond donors (Lipinski definition) is 1. The molecule has 0 radical (unpaired) electrons. The Bertz CT molecular complexity index is 339. The molecule has 0 atom stereocenters. The van der Waals surface area contributed by atoms with Gasteiger partial charge in [0.25, 0.3) is 0 Å². The predicted octanol–water partition coefficient (Wildman–Crippen LogP) is 3.41. The highest BCUT2D eigenvalue weighted by Crippen LogP contribution is 2.27. The standard InChI is InChI=1S/C16H25NO/c1-3-18-16-10-6-14(7-11-16)12-13-4-8-15(17-2)9-5-13/h6-7,10-11,13,15,17H,3-5,8-9,12H2,1-2H3. The molecule has 1 aliphatic rings. The molecule has 18 heavy (non-hydrogen) atoms. The van der Waals surface area contributed by atoms with Crippen molar-refractivity contribution in [2.24, 2.45) is 5.92 Å². The molecule has 100 valence electrons. The second kappa shape index (κ2) is 6.79. The highest BCUT2D eigenvalue weighted by atomic mass is 16.5. The minimum atomic E-state index is 0.743. The summed E-state index contributed by atoms with van der Waals surface area (Å²) in [5, 5.41) is 3.39. The summed E-state index contributed by atoms with van der Waals surface area (Å²) in [7, 11) is 2.08. The smallest absolute Gasteiger partial charge is 0.119 e. The van der Waals surface area contributed by atoms with Gasteiger partial charge in [0, 0.05) is 6.04 Å². The molecular weight excluding hydrogens is 222 g/mol. The quantitative estimate of drug-likeness (QED) is 0.861. The fraction of sp³-hybridized carbons (Fsp3) is 0.625. The molecule has 1 aliphatic carbocycles. The van der Waals surface area contributed by atoms with Crippen molar-refractivity contribution in [1.82, 2.24) is 5.32 Å². The molecule has 2 heteroatoms. The van der Waals surface area contributed by atoms with E-state index in [9.17, 15) is 0 Å². The van der Waals surface area contributed by atoms with Crippen molar-refractivity contribution in [3.8, 4) is 5.75 Å². The first-order valence-electron chi connectivity index (χ1n) is 7.20. The molecule has 0 amide bonds. The molecule has 0 saturated heterocycles. The van der Waals surface area contributed by atoms with Crippen LogP contribution >= 0.6 is 0 Å². The Morgan fingerprint density at radius 3 is 2.33 bits per heavy atom. The summed E-state index contributed by atoms with van der Waals surface area (Å²) in [6.07, 6.45) is 6.61. The monoisotopic (exact) mass is 247 g/mol. The number of benzene rings is 1. The molecule has 0 aliphatic heterocycles. The minimum absolute atomic E-state index is 0.743. The zero-order valence-electron chi connectivity index (χ0n) is 11.6. The fourth-order valence-electron chi connectivity index (χ4n) is 2.88. The Morgan fingerprint density at radius 1 is 1.11 bits per heavy atom. The van der Waals surface area contributed by atoms with E-state index < -0.39 is 0 Å². The summed E-state index contributed by atoms with van der Waals surface area (Å²) >= 11 is 0. The van der Waals surface area contributed by atoms with Crippen LogP contribution in [0.15, 0.2) is 24.3 Å². The van der Waals surface area contributed by atoms with Gasteiger partial charge in [-0.3, -0.25) is 0 Å². The van der Waals surface area contributed by atoms with Crippen LogP contribution in [0.1, 0.15) is 38.2 Å². The largest absolute Gasteiger partial charge is 0.494 e. The van der Waals surface area contributed by atoms with E-state index in [0.29, 0.717) is 0 Å². The Balaban J connectivity index is 1.82. The highest BCUT2D eigenvalue weighted by Gasteiger charge is 2.19. The van der Waals surface area contributed by atoms with Crippen molar-refractivity contribution in [1.29, 1.82) is 0 Å². The van der Waals surface area contributed by atoms with Crippen LogP contribution in [0.4, 0.5) is 0 Å². The average molecular weight is 247 g/mol. The Morgan fingerprint density at radius 2 is 1.78 bits per heavy atom. The van der Waals surface area contributed by atoms with Crippen LogP contribution in [0.3, 0.4) is 0 Å². The maximum atomic E-state index is 5.47. The van der Waals surface area contributed by atoms with Crippen molar-refractivity contribution in [3.63, 3.8) is 0 Å². The summed E-state index contributed by atoms with van der Waals surface area (Å²) in [6.45, 7) is 2.77. The van der Waals surface area contributed by atoms with Crippen molar-refractivity contribution in [3.05, 3.63) is 29.8 Å². The van der Waals surface area contributed by atoms with Crippen LogP contribution in [0.5, 0.6) is 5.75 Å². The van der Waals surface area contributed by atoms with E-state index in [1.807, 2.05) is 6.92 Å². The van der Waals surface area contributed by atoms with Gasteiger partial charge in [-0.05, 0) is 69.7 Å². The van der Waals surface area contributed by atoms with E-state index in [4.69, 9.17) is 4.74 Å². The Labute approximate surface area is 111 Å². The molecule has 1 saturated carbocycles. The van der Waals surface area contributed by atoms with Gasteiger partial charge in [0.15, 0.2) is 0 Å². The first-order valence-corrected chi connectivity index (χ1v) is 7.20. The number of ether oxygens (including phenoxy) is 1. The van der Waals surface area contributed by atoms with Gasteiger partial charge in [0.2, 0.25) is 0 Å². The van der Waals surface area contributed by atoms with E-state index in [1.165, 1.54) is 37.7 Å². The van der Waals surface area contributed by atoms with Gasteiger partial charge in [-0.15, -0.1) is 0 Å².